The Balaban J connectivity index is 2.06. The molecule has 1 heterocycles. The first kappa shape index (κ1) is 15.2. The first-order valence-electron chi connectivity index (χ1n) is 6.77. The monoisotopic (exact) mass is 290 g/mol. The van der Waals surface area contributed by atoms with Crippen molar-refractivity contribution in [1.82, 2.24) is 9.96 Å². The Morgan fingerprint density at radius 1 is 1.19 bits per heavy atom. The lowest BCUT2D eigenvalue weighted by Gasteiger charge is -2.24. The lowest BCUT2D eigenvalue weighted by molar-refractivity contribution is -0.200. The van der Waals surface area contributed by atoms with Crippen molar-refractivity contribution in [1.29, 1.82) is 0 Å². The second-order valence-corrected chi connectivity index (χ2v) is 5.16. The van der Waals surface area contributed by atoms with Gasteiger partial charge in [-0.2, -0.15) is 0 Å². The fraction of sp³-hybridized carbons (Fsp3) is 0.400. The quantitative estimate of drug-likeness (QED) is 0.749. The first-order valence-corrected chi connectivity index (χ1v) is 6.77. The van der Waals surface area contributed by atoms with Gasteiger partial charge in [-0.1, -0.05) is 30.3 Å². The molecule has 1 aliphatic rings. The van der Waals surface area contributed by atoms with E-state index in [1.165, 1.54) is 0 Å². The van der Waals surface area contributed by atoms with Gasteiger partial charge in [0.05, 0.1) is 0 Å². The summed E-state index contributed by atoms with van der Waals surface area (Å²) >= 11 is 0. The number of hydrogen-bond acceptors (Lipinski definition) is 5. The van der Waals surface area contributed by atoms with Crippen molar-refractivity contribution in [3.05, 3.63) is 35.9 Å². The largest absolute Gasteiger partial charge is 0.350 e. The van der Waals surface area contributed by atoms with Crippen LogP contribution >= 0.6 is 0 Å². The number of benzene rings is 1. The zero-order valence-corrected chi connectivity index (χ0v) is 12.1. The summed E-state index contributed by atoms with van der Waals surface area (Å²) in [6, 6.07) is 8.94. The first-order chi connectivity index (χ1) is 9.99. The molecule has 0 spiro atoms. The number of carbonyl (C=O) groups is 3. The third kappa shape index (κ3) is 3.66. The molecule has 2 amide bonds. The average Bonchev–Trinajstić information content (AvgIpc) is 2.77. The van der Waals surface area contributed by atoms with E-state index in [0.29, 0.717) is 11.5 Å². The molecule has 0 saturated carbocycles. The molecule has 1 aromatic carbocycles. The van der Waals surface area contributed by atoms with Crippen LogP contribution in [0.3, 0.4) is 0 Å². The summed E-state index contributed by atoms with van der Waals surface area (Å²) in [5.41, 5.74) is 0.979. The van der Waals surface area contributed by atoms with E-state index < -0.39 is 23.8 Å². The molecule has 1 fully saturated rings. The van der Waals surface area contributed by atoms with E-state index in [1.807, 2.05) is 30.3 Å². The molecular weight excluding hydrogens is 272 g/mol. The van der Waals surface area contributed by atoms with Crippen LogP contribution in [0.4, 0.5) is 0 Å². The highest BCUT2D eigenvalue weighted by Gasteiger charge is 2.35. The van der Waals surface area contributed by atoms with Gasteiger partial charge in [0, 0.05) is 12.8 Å². The summed E-state index contributed by atoms with van der Waals surface area (Å²) in [6.07, 6.45) is 0.637. The van der Waals surface area contributed by atoms with Crippen LogP contribution in [0.2, 0.25) is 0 Å². The topological polar surface area (TPSA) is 66.9 Å². The molecular formula is C15H18N2O4. The van der Waals surface area contributed by atoms with Crippen molar-refractivity contribution in [3.8, 4) is 0 Å². The number of hydroxylamine groups is 2. The van der Waals surface area contributed by atoms with Gasteiger partial charge in [0.1, 0.15) is 6.04 Å². The van der Waals surface area contributed by atoms with Crippen LogP contribution in [0.25, 0.3) is 0 Å². The molecule has 0 bridgehead atoms. The maximum Gasteiger partial charge on any atom is 0.350 e. The number of likely N-dealkylation sites (N-methyl/N-ethyl adjacent to an activating group) is 1. The van der Waals surface area contributed by atoms with Gasteiger partial charge >= 0.3 is 5.97 Å². The molecule has 0 aromatic heterocycles. The highest BCUT2D eigenvalue weighted by Crippen LogP contribution is 2.15. The normalized spacial score (nSPS) is 16.4. The Labute approximate surface area is 123 Å². The van der Waals surface area contributed by atoms with Crippen molar-refractivity contribution >= 4 is 17.8 Å². The standard InChI is InChI=1S/C15H18N2O4/c1-16(2)12(10-11-6-4-3-5-7-11)15(20)21-17-13(18)8-9-14(17)19/h3-7,12H,8-10H2,1-2H3/t12-/m0/s1. The Kier molecular flexibility index (Phi) is 4.70. The van der Waals surface area contributed by atoms with Gasteiger partial charge in [-0.15, -0.1) is 5.06 Å². The van der Waals surface area contributed by atoms with Crippen molar-refractivity contribution in [3.63, 3.8) is 0 Å². The van der Waals surface area contributed by atoms with Crippen molar-refractivity contribution in [2.75, 3.05) is 14.1 Å². The van der Waals surface area contributed by atoms with Crippen LogP contribution in [-0.2, 0) is 25.6 Å². The molecule has 6 nitrogen and oxygen atoms in total. The summed E-state index contributed by atoms with van der Waals surface area (Å²) in [5.74, 6) is -1.54. The van der Waals surface area contributed by atoms with E-state index in [4.69, 9.17) is 4.84 Å². The number of nitrogens with zero attached hydrogens (tertiary/aromatic N) is 2. The van der Waals surface area contributed by atoms with Crippen LogP contribution in [0.5, 0.6) is 0 Å². The molecule has 21 heavy (non-hydrogen) atoms. The van der Waals surface area contributed by atoms with Gasteiger partial charge < -0.3 is 4.84 Å². The number of carbonyl (C=O) groups excluding carboxylic acids is 3. The van der Waals surface area contributed by atoms with Gasteiger partial charge in [-0.25, -0.2) is 4.79 Å². The summed E-state index contributed by atoms with van der Waals surface area (Å²) in [5, 5.41) is 0.587. The molecule has 0 unspecified atom stereocenters. The second-order valence-electron chi connectivity index (χ2n) is 5.16. The third-order valence-electron chi connectivity index (χ3n) is 3.35. The number of imide groups is 1. The summed E-state index contributed by atoms with van der Waals surface area (Å²) in [4.78, 5) is 41.9. The van der Waals surface area contributed by atoms with Gasteiger partial charge in [0.2, 0.25) is 0 Å². The molecule has 1 atom stereocenters. The van der Waals surface area contributed by atoms with Gasteiger partial charge in [0.25, 0.3) is 11.8 Å². The molecule has 112 valence electrons. The lowest BCUT2D eigenvalue weighted by atomic mass is 10.1. The molecule has 1 aromatic rings. The van der Waals surface area contributed by atoms with Crippen molar-refractivity contribution in [2.45, 2.75) is 25.3 Å². The van der Waals surface area contributed by atoms with E-state index in [-0.39, 0.29) is 12.8 Å². The highest BCUT2D eigenvalue weighted by atomic mass is 16.7. The van der Waals surface area contributed by atoms with Crippen LogP contribution in [-0.4, -0.2) is 47.9 Å². The van der Waals surface area contributed by atoms with E-state index in [1.54, 1.807) is 19.0 Å². The predicted molar refractivity (Wildman–Crippen MR) is 74.8 cm³/mol. The van der Waals surface area contributed by atoms with Crippen molar-refractivity contribution in [2.24, 2.45) is 0 Å². The zero-order chi connectivity index (χ0) is 15.4. The molecule has 6 heteroatoms. The molecule has 0 radical (unpaired) electrons. The Hall–Kier alpha value is -2.21. The van der Waals surface area contributed by atoms with Gasteiger partial charge in [-0.3, -0.25) is 14.5 Å². The van der Waals surface area contributed by atoms with E-state index in [0.717, 1.165) is 5.56 Å². The third-order valence-corrected chi connectivity index (χ3v) is 3.35. The van der Waals surface area contributed by atoms with E-state index in [2.05, 4.69) is 0 Å². The zero-order valence-electron chi connectivity index (χ0n) is 12.1. The Morgan fingerprint density at radius 3 is 2.29 bits per heavy atom. The fourth-order valence-electron chi connectivity index (χ4n) is 2.12. The van der Waals surface area contributed by atoms with Crippen molar-refractivity contribution < 1.29 is 19.2 Å². The van der Waals surface area contributed by atoms with Crippen LogP contribution in [0.15, 0.2) is 30.3 Å². The smallest absolute Gasteiger partial charge is 0.329 e. The summed E-state index contributed by atoms with van der Waals surface area (Å²) in [6.45, 7) is 0. The lowest BCUT2D eigenvalue weighted by Crippen LogP contribution is -2.43. The minimum absolute atomic E-state index is 0.0947. The summed E-state index contributed by atoms with van der Waals surface area (Å²) < 4.78 is 0. The van der Waals surface area contributed by atoms with E-state index in [9.17, 15) is 14.4 Å². The van der Waals surface area contributed by atoms with E-state index >= 15 is 0 Å². The molecule has 1 saturated heterocycles. The molecule has 0 aliphatic carbocycles. The van der Waals surface area contributed by atoms with Crippen LogP contribution < -0.4 is 0 Å². The van der Waals surface area contributed by atoms with Gasteiger partial charge in [-0.05, 0) is 26.1 Å². The predicted octanol–water partition coefficient (Wildman–Crippen LogP) is 0.766. The molecule has 0 N–H and O–H groups in total. The SMILES string of the molecule is CN(C)[C@@H](Cc1ccccc1)C(=O)ON1C(=O)CCC1=O. The van der Waals surface area contributed by atoms with Gasteiger partial charge in [0.15, 0.2) is 0 Å². The molecule has 2 rings (SSSR count). The minimum Gasteiger partial charge on any atom is -0.329 e. The minimum atomic E-state index is -0.604. The maximum atomic E-state index is 12.2. The Morgan fingerprint density at radius 2 is 1.76 bits per heavy atom. The summed E-state index contributed by atoms with van der Waals surface area (Å²) in [7, 11) is 3.50. The van der Waals surface area contributed by atoms with Crippen LogP contribution in [0.1, 0.15) is 18.4 Å². The Bertz CT molecular complexity index is 526. The number of amides is 2. The number of rotatable bonds is 5. The van der Waals surface area contributed by atoms with Crippen LogP contribution in [0, 0.1) is 0 Å². The second kappa shape index (κ2) is 6.49. The highest BCUT2D eigenvalue weighted by molar-refractivity contribution is 6.01. The average molecular weight is 290 g/mol. The maximum absolute atomic E-state index is 12.2. The molecule has 1 aliphatic heterocycles. The fourth-order valence-corrected chi connectivity index (χ4v) is 2.12. The number of hydrogen-bond donors (Lipinski definition) is 0.